The smallest absolute Gasteiger partial charge is 0.213 e. The largest absolute Gasteiger partial charge is 0.481 e. The van der Waals surface area contributed by atoms with Crippen molar-refractivity contribution in [2.75, 3.05) is 7.11 Å². The summed E-state index contributed by atoms with van der Waals surface area (Å²) in [5, 5.41) is 20.5. The normalized spacial score (nSPS) is 36.0. The maximum atomic E-state index is 10.5. The van der Waals surface area contributed by atoms with Crippen LogP contribution in [0.5, 0.6) is 5.88 Å². The molecule has 3 unspecified atom stereocenters. The van der Waals surface area contributed by atoms with Crippen LogP contribution in [0.25, 0.3) is 0 Å². The summed E-state index contributed by atoms with van der Waals surface area (Å²) in [5.74, 6) is 0.644. The van der Waals surface area contributed by atoms with Crippen molar-refractivity contribution in [2.24, 2.45) is 11.8 Å². The third kappa shape index (κ3) is 1.81. The molecule has 0 aliphatic heterocycles. The van der Waals surface area contributed by atoms with Crippen LogP contribution in [-0.4, -0.2) is 23.3 Å². The first kappa shape index (κ1) is 14.1. The fourth-order valence-electron chi connectivity index (χ4n) is 4.09. The molecule has 2 bridgehead atoms. The van der Waals surface area contributed by atoms with E-state index >= 15 is 0 Å². The summed E-state index contributed by atoms with van der Waals surface area (Å²) in [4.78, 5) is 4.52. The molecule has 0 spiro atoms. The highest BCUT2D eigenvalue weighted by molar-refractivity contribution is 5.53. The molecular weight excluding hydrogens is 264 g/mol. The van der Waals surface area contributed by atoms with Crippen LogP contribution in [0, 0.1) is 23.2 Å². The van der Waals surface area contributed by atoms with Gasteiger partial charge in [-0.1, -0.05) is 13.0 Å². The standard InChI is InChI=1S/C17H20N2O2/c1-4-12-11-7-14-13(5-6-15(19-14)21-3)17(12,9-18)8-10(2)16(11)20/h4-6,10-11,16,20H,7-8H2,1-3H3/t10?,11-,16?,17?/m1/s1. The van der Waals surface area contributed by atoms with E-state index in [4.69, 9.17) is 4.74 Å². The fraction of sp³-hybridized carbons (Fsp3) is 0.529. The Morgan fingerprint density at radius 1 is 1.52 bits per heavy atom. The number of aromatic nitrogens is 1. The van der Waals surface area contributed by atoms with Crippen molar-refractivity contribution in [3.63, 3.8) is 0 Å². The van der Waals surface area contributed by atoms with Crippen LogP contribution >= 0.6 is 0 Å². The van der Waals surface area contributed by atoms with Crippen LogP contribution < -0.4 is 4.74 Å². The van der Waals surface area contributed by atoms with E-state index in [2.05, 4.69) is 11.1 Å². The molecule has 1 aromatic heterocycles. The molecule has 1 heterocycles. The van der Waals surface area contributed by atoms with Crippen LogP contribution in [-0.2, 0) is 11.8 Å². The SMILES string of the molecule is CC=C1[C@H]2Cc3nc(OC)ccc3C1(C#N)CC(C)C2O. The van der Waals surface area contributed by atoms with Crippen LogP contribution in [0.3, 0.4) is 0 Å². The molecule has 0 amide bonds. The summed E-state index contributed by atoms with van der Waals surface area (Å²) in [6.07, 6.45) is 2.90. The highest BCUT2D eigenvalue weighted by atomic mass is 16.5. The molecule has 2 aliphatic rings. The number of rotatable bonds is 1. The van der Waals surface area contributed by atoms with Gasteiger partial charge in [0.1, 0.15) is 5.41 Å². The number of allylic oxidation sites excluding steroid dienone is 1. The average molecular weight is 284 g/mol. The van der Waals surface area contributed by atoms with Crippen LogP contribution in [0.2, 0.25) is 0 Å². The number of hydrogen-bond acceptors (Lipinski definition) is 4. The first-order valence-electron chi connectivity index (χ1n) is 7.37. The number of ether oxygens (including phenoxy) is 1. The lowest BCUT2D eigenvalue weighted by Gasteiger charge is -2.49. The topological polar surface area (TPSA) is 66.1 Å². The molecule has 1 saturated carbocycles. The predicted molar refractivity (Wildman–Crippen MR) is 78.8 cm³/mol. The summed E-state index contributed by atoms with van der Waals surface area (Å²) in [6.45, 7) is 3.98. The second-order valence-corrected chi connectivity index (χ2v) is 6.09. The molecule has 4 atom stereocenters. The summed E-state index contributed by atoms with van der Waals surface area (Å²) in [7, 11) is 1.59. The first-order valence-corrected chi connectivity index (χ1v) is 7.37. The number of hydrogen-bond donors (Lipinski definition) is 1. The van der Waals surface area contributed by atoms with E-state index in [1.165, 1.54) is 0 Å². The maximum Gasteiger partial charge on any atom is 0.213 e. The summed E-state index contributed by atoms with van der Waals surface area (Å²) >= 11 is 0. The van der Waals surface area contributed by atoms with Gasteiger partial charge in [0.25, 0.3) is 0 Å². The molecule has 2 aliphatic carbocycles. The number of aliphatic hydroxyl groups excluding tert-OH is 1. The van der Waals surface area contributed by atoms with Crippen molar-refractivity contribution in [3.8, 4) is 11.9 Å². The predicted octanol–water partition coefficient (Wildman–Crippen LogP) is 2.37. The minimum absolute atomic E-state index is 0.0227. The van der Waals surface area contributed by atoms with E-state index in [0.717, 1.165) is 16.8 Å². The van der Waals surface area contributed by atoms with E-state index in [0.29, 0.717) is 18.7 Å². The van der Waals surface area contributed by atoms with Crippen molar-refractivity contribution in [1.82, 2.24) is 4.98 Å². The van der Waals surface area contributed by atoms with Gasteiger partial charge in [-0.2, -0.15) is 5.26 Å². The van der Waals surface area contributed by atoms with Crippen LogP contribution in [0.1, 0.15) is 31.5 Å². The molecule has 3 rings (SSSR count). The van der Waals surface area contributed by atoms with E-state index in [9.17, 15) is 10.4 Å². The Balaban J connectivity index is 2.25. The number of pyridine rings is 1. The Hall–Kier alpha value is -1.86. The van der Waals surface area contributed by atoms with Gasteiger partial charge in [-0.05, 0) is 42.9 Å². The Morgan fingerprint density at radius 3 is 2.90 bits per heavy atom. The lowest BCUT2D eigenvalue weighted by Crippen LogP contribution is -2.50. The molecule has 0 radical (unpaired) electrons. The Kier molecular flexibility index (Phi) is 3.26. The Labute approximate surface area is 125 Å². The van der Waals surface area contributed by atoms with Gasteiger partial charge in [-0.15, -0.1) is 0 Å². The quantitative estimate of drug-likeness (QED) is 0.804. The Morgan fingerprint density at radius 2 is 2.29 bits per heavy atom. The number of aliphatic hydroxyl groups is 1. The minimum Gasteiger partial charge on any atom is -0.481 e. The van der Waals surface area contributed by atoms with Crippen molar-refractivity contribution in [2.45, 2.75) is 38.2 Å². The molecule has 0 aromatic carbocycles. The van der Waals surface area contributed by atoms with Gasteiger partial charge >= 0.3 is 0 Å². The fourth-order valence-corrected chi connectivity index (χ4v) is 4.09. The van der Waals surface area contributed by atoms with Crippen molar-refractivity contribution in [3.05, 3.63) is 35.0 Å². The third-order valence-electron chi connectivity index (χ3n) is 5.05. The van der Waals surface area contributed by atoms with Crippen molar-refractivity contribution in [1.29, 1.82) is 5.26 Å². The molecular formula is C17H20N2O2. The third-order valence-corrected chi connectivity index (χ3v) is 5.05. The number of methoxy groups -OCH3 is 1. The lowest BCUT2D eigenvalue weighted by molar-refractivity contribution is 0.0305. The molecule has 1 fully saturated rings. The van der Waals surface area contributed by atoms with E-state index < -0.39 is 11.5 Å². The minimum atomic E-state index is -0.648. The maximum absolute atomic E-state index is 10.5. The zero-order chi connectivity index (χ0) is 15.2. The molecule has 1 N–H and O–H groups in total. The average Bonchev–Trinajstić information content (AvgIpc) is 2.51. The van der Waals surface area contributed by atoms with Crippen molar-refractivity contribution < 1.29 is 9.84 Å². The van der Waals surface area contributed by atoms with Gasteiger partial charge in [0, 0.05) is 12.0 Å². The number of fused-ring (bicyclic) bond motifs is 4. The van der Waals surface area contributed by atoms with Crippen LogP contribution in [0.4, 0.5) is 0 Å². The van der Waals surface area contributed by atoms with Gasteiger partial charge in [0.15, 0.2) is 0 Å². The zero-order valence-electron chi connectivity index (χ0n) is 12.6. The van der Waals surface area contributed by atoms with Gasteiger partial charge in [0.05, 0.1) is 25.0 Å². The molecule has 4 nitrogen and oxygen atoms in total. The molecule has 4 heteroatoms. The number of nitriles is 1. The second-order valence-electron chi connectivity index (χ2n) is 6.09. The monoisotopic (exact) mass is 284 g/mol. The Bertz CT molecular complexity index is 647. The highest BCUT2D eigenvalue weighted by Gasteiger charge is 2.53. The highest BCUT2D eigenvalue weighted by Crippen LogP contribution is 2.53. The summed E-state index contributed by atoms with van der Waals surface area (Å²) in [5.41, 5.74) is 2.27. The van der Waals surface area contributed by atoms with E-state index in [1.807, 2.05) is 32.1 Å². The molecule has 0 saturated heterocycles. The molecule has 1 aromatic rings. The summed E-state index contributed by atoms with van der Waals surface area (Å²) in [6, 6.07) is 6.32. The zero-order valence-corrected chi connectivity index (χ0v) is 12.6. The molecule has 21 heavy (non-hydrogen) atoms. The van der Waals surface area contributed by atoms with Gasteiger partial charge in [-0.25, -0.2) is 4.98 Å². The van der Waals surface area contributed by atoms with E-state index in [-0.39, 0.29) is 11.8 Å². The number of nitrogens with zero attached hydrogens (tertiary/aromatic N) is 2. The summed E-state index contributed by atoms with van der Waals surface area (Å²) < 4.78 is 5.20. The second kappa shape index (κ2) is 4.85. The van der Waals surface area contributed by atoms with Crippen LogP contribution in [0.15, 0.2) is 23.8 Å². The van der Waals surface area contributed by atoms with E-state index in [1.54, 1.807) is 7.11 Å². The van der Waals surface area contributed by atoms with Gasteiger partial charge in [-0.3, -0.25) is 0 Å². The van der Waals surface area contributed by atoms with Crippen molar-refractivity contribution >= 4 is 0 Å². The van der Waals surface area contributed by atoms with Gasteiger partial charge in [0.2, 0.25) is 5.88 Å². The molecule has 110 valence electrons. The lowest BCUT2D eigenvalue weighted by atomic mass is 9.54. The van der Waals surface area contributed by atoms with Gasteiger partial charge < -0.3 is 9.84 Å². The first-order chi connectivity index (χ1) is 10.1.